The van der Waals surface area contributed by atoms with E-state index in [9.17, 15) is 13.6 Å². The molecule has 0 saturated heterocycles. The minimum atomic E-state index is -3.60. The maximum Gasteiger partial charge on any atom is 0.327 e. The summed E-state index contributed by atoms with van der Waals surface area (Å²) in [5.74, 6) is -4.21. The van der Waals surface area contributed by atoms with Crippen molar-refractivity contribution in [2.45, 2.75) is 25.9 Å². The molecule has 4 heteroatoms. The lowest BCUT2D eigenvalue weighted by Gasteiger charge is -2.19. The summed E-state index contributed by atoms with van der Waals surface area (Å²) in [7, 11) is 0. The summed E-state index contributed by atoms with van der Waals surface area (Å²) in [6.07, 6.45) is -2.40. The van der Waals surface area contributed by atoms with Crippen LogP contribution in [0, 0.1) is 5.92 Å². The Balaban J connectivity index is 4.17. The average Bonchev–Trinajstić information content (AvgIpc) is 1.86. The van der Waals surface area contributed by atoms with Gasteiger partial charge in [0.15, 0.2) is 6.29 Å². The Labute approximate surface area is 57.9 Å². The molecule has 0 radical (unpaired) electrons. The Morgan fingerprint density at radius 1 is 1.50 bits per heavy atom. The number of carbonyl (C=O) groups excluding carboxylic acids is 1. The number of alkyl halides is 2. The second-order valence-electron chi connectivity index (χ2n) is 2.48. The normalized spacial score (nSPS) is 15.4. The number of hydrogen-bond donors (Lipinski definition) is 1. The van der Waals surface area contributed by atoms with Crippen molar-refractivity contribution < 1.29 is 18.7 Å². The van der Waals surface area contributed by atoms with Crippen molar-refractivity contribution in [3.63, 3.8) is 0 Å². The molecule has 0 aliphatic rings. The van der Waals surface area contributed by atoms with Gasteiger partial charge in [0.1, 0.15) is 6.10 Å². The summed E-state index contributed by atoms with van der Waals surface area (Å²) in [5.41, 5.74) is 0. The molecular weight excluding hydrogens is 142 g/mol. The molecule has 0 aromatic heterocycles. The third-order valence-corrected chi connectivity index (χ3v) is 1.18. The quantitative estimate of drug-likeness (QED) is 0.608. The van der Waals surface area contributed by atoms with Crippen molar-refractivity contribution in [1.82, 2.24) is 0 Å². The first-order valence-corrected chi connectivity index (χ1v) is 2.94. The summed E-state index contributed by atoms with van der Waals surface area (Å²) in [5, 5.41) is 8.67. The molecule has 0 rings (SSSR count). The maximum atomic E-state index is 12.2. The molecule has 1 atom stereocenters. The highest BCUT2D eigenvalue weighted by Crippen LogP contribution is 2.21. The molecule has 0 aromatic rings. The fourth-order valence-corrected chi connectivity index (χ4v) is 0.514. The second kappa shape index (κ2) is 3.05. The molecular formula is C6H10F2O2. The van der Waals surface area contributed by atoms with Crippen LogP contribution in [0.15, 0.2) is 0 Å². The first kappa shape index (κ1) is 9.49. The highest BCUT2D eigenvalue weighted by atomic mass is 19.3. The number of aliphatic hydroxyl groups is 1. The van der Waals surface area contributed by atoms with Crippen LogP contribution in [-0.4, -0.2) is 23.4 Å². The molecule has 0 spiro atoms. The van der Waals surface area contributed by atoms with Crippen LogP contribution in [0.4, 0.5) is 8.78 Å². The van der Waals surface area contributed by atoms with Gasteiger partial charge in [0.2, 0.25) is 0 Å². The lowest BCUT2D eigenvalue weighted by molar-refractivity contribution is -0.152. The fraction of sp³-hybridized carbons (Fsp3) is 0.833. The number of hydrogen-bond acceptors (Lipinski definition) is 2. The van der Waals surface area contributed by atoms with Crippen molar-refractivity contribution in [1.29, 1.82) is 0 Å². The topological polar surface area (TPSA) is 37.3 Å². The number of aliphatic hydroxyl groups excluding tert-OH is 1. The van der Waals surface area contributed by atoms with E-state index < -0.39 is 24.2 Å². The van der Waals surface area contributed by atoms with E-state index >= 15 is 0 Å². The molecule has 0 aromatic carbocycles. The lowest BCUT2D eigenvalue weighted by Crippen LogP contribution is -2.38. The third kappa shape index (κ3) is 2.02. The van der Waals surface area contributed by atoms with Crippen LogP contribution in [-0.2, 0) is 4.79 Å². The van der Waals surface area contributed by atoms with Gasteiger partial charge in [-0.2, -0.15) is 8.78 Å². The zero-order chi connectivity index (χ0) is 8.36. The number of aldehydes is 1. The van der Waals surface area contributed by atoms with Gasteiger partial charge in [-0.05, 0) is 5.92 Å². The van der Waals surface area contributed by atoms with Crippen molar-refractivity contribution in [2.75, 3.05) is 0 Å². The van der Waals surface area contributed by atoms with Gasteiger partial charge in [0, 0.05) is 0 Å². The number of carbonyl (C=O) groups is 1. The predicted octanol–water partition coefficient (Wildman–Crippen LogP) is 0.837. The predicted molar refractivity (Wildman–Crippen MR) is 31.9 cm³/mol. The standard InChI is InChI=1S/C6H10F2O2/c1-4(2)5(10)6(7,8)3-9/h3-5,10H,1-2H3. The summed E-state index contributed by atoms with van der Waals surface area (Å²) in [6, 6.07) is 0. The molecule has 0 fully saturated rings. The Morgan fingerprint density at radius 3 is 2.00 bits per heavy atom. The number of rotatable bonds is 3. The Bertz CT molecular complexity index is 123. The van der Waals surface area contributed by atoms with E-state index in [2.05, 4.69) is 0 Å². The summed E-state index contributed by atoms with van der Waals surface area (Å²) >= 11 is 0. The average molecular weight is 152 g/mol. The molecule has 0 bridgehead atoms. The lowest BCUT2D eigenvalue weighted by atomic mass is 10.0. The Morgan fingerprint density at radius 2 is 1.90 bits per heavy atom. The van der Waals surface area contributed by atoms with Gasteiger partial charge >= 0.3 is 5.92 Å². The van der Waals surface area contributed by atoms with Crippen molar-refractivity contribution in [2.24, 2.45) is 5.92 Å². The van der Waals surface area contributed by atoms with Crippen LogP contribution in [0.25, 0.3) is 0 Å². The van der Waals surface area contributed by atoms with Crippen LogP contribution >= 0.6 is 0 Å². The molecule has 10 heavy (non-hydrogen) atoms. The molecule has 60 valence electrons. The highest BCUT2D eigenvalue weighted by Gasteiger charge is 2.39. The third-order valence-electron chi connectivity index (χ3n) is 1.18. The smallest absolute Gasteiger partial charge is 0.327 e. The van der Waals surface area contributed by atoms with Crippen LogP contribution < -0.4 is 0 Å². The summed E-state index contributed by atoms with van der Waals surface area (Å²) in [6.45, 7) is 2.84. The van der Waals surface area contributed by atoms with Gasteiger partial charge in [-0.3, -0.25) is 4.79 Å². The first-order chi connectivity index (χ1) is 4.41. The van der Waals surface area contributed by atoms with Crippen LogP contribution in [0.5, 0.6) is 0 Å². The highest BCUT2D eigenvalue weighted by molar-refractivity contribution is 5.60. The second-order valence-corrected chi connectivity index (χ2v) is 2.48. The molecule has 2 nitrogen and oxygen atoms in total. The summed E-state index contributed by atoms with van der Waals surface area (Å²) in [4.78, 5) is 9.66. The van der Waals surface area contributed by atoms with Crippen LogP contribution in [0.1, 0.15) is 13.8 Å². The monoisotopic (exact) mass is 152 g/mol. The van der Waals surface area contributed by atoms with E-state index in [1.54, 1.807) is 0 Å². The van der Waals surface area contributed by atoms with E-state index in [1.807, 2.05) is 0 Å². The Hall–Kier alpha value is -0.510. The minimum absolute atomic E-state index is 0.530. The van der Waals surface area contributed by atoms with E-state index in [1.165, 1.54) is 13.8 Å². The molecule has 0 heterocycles. The SMILES string of the molecule is CC(C)C(O)C(F)(F)C=O. The molecule has 0 amide bonds. The molecule has 0 saturated carbocycles. The van der Waals surface area contributed by atoms with Gasteiger partial charge < -0.3 is 5.11 Å². The summed E-state index contributed by atoms with van der Waals surface area (Å²) < 4.78 is 24.4. The Kier molecular flexibility index (Phi) is 2.90. The van der Waals surface area contributed by atoms with E-state index in [0.717, 1.165) is 0 Å². The molecule has 1 N–H and O–H groups in total. The van der Waals surface area contributed by atoms with Crippen molar-refractivity contribution >= 4 is 6.29 Å². The van der Waals surface area contributed by atoms with Gasteiger partial charge in [0.05, 0.1) is 0 Å². The van der Waals surface area contributed by atoms with Gasteiger partial charge in [-0.1, -0.05) is 13.8 Å². The van der Waals surface area contributed by atoms with E-state index in [0.29, 0.717) is 0 Å². The van der Waals surface area contributed by atoms with Gasteiger partial charge in [-0.25, -0.2) is 0 Å². The van der Waals surface area contributed by atoms with E-state index in [4.69, 9.17) is 5.11 Å². The van der Waals surface area contributed by atoms with Gasteiger partial charge in [0.25, 0.3) is 0 Å². The van der Waals surface area contributed by atoms with Gasteiger partial charge in [-0.15, -0.1) is 0 Å². The fourth-order valence-electron chi connectivity index (χ4n) is 0.514. The largest absolute Gasteiger partial charge is 0.386 e. The van der Waals surface area contributed by atoms with Crippen LogP contribution in [0.3, 0.4) is 0 Å². The van der Waals surface area contributed by atoms with Crippen LogP contribution in [0.2, 0.25) is 0 Å². The molecule has 1 unspecified atom stereocenters. The first-order valence-electron chi connectivity index (χ1n) is 2.94. The zero-order valence-corrected chi connectivity index (χ0v) is 5.84. The van der Waals surface area contributed by atoms with E-state index in [-0.39, 0.29) is 0 Å². The zero-order valence-electron chi connectivity index (χ0n) is 5.84. The molecule has 0 aliphatic heterocycles. The van der Waals surface area contributed by atoms with Crippen molar-refractivity contribution in [3.8, 4) is 0 Å². The molecule has 0 aliphatic carbocycles. The maximum absolute atomic E-state index is 12.2. The minimum Gasteiger partial charge on any atom is -0.386 e. The van der Waals surface area contributed by atoms with Crippen molar-refractivity contribution in [3.05, 3.63) is 0 Å². The number of halogens is 2.